The van der Waals surface area contributed by atoms with Crippen LogP contribution in [-0.2, 0) is 9.84 Å². The molecule has 3 N–H and O–H groups in total. The van der Waals surface area contributed by atoms with E-state index in [2.05, 4.69) is 19.2 Å². The highest BCUT2D eigenvalue weighted by Crippen LogP contribution is 2.39. The van der Waals surface area contributed by atoms with Gasteiger partial charge in [0.2, 0.25) is 0 Å². The third-order valence-corrected chi connectivity index (χ3v) is 6.27. The molecule has 0 radical (unpaired) electrons. The van der Waals surface area contributed by atoms with Gasteiger partial charge in [-0.3, -0.25) is 0 Å². The Labute approximate surface area is 115 Å². The van der Waals surface area contributed by atoms with E-state index in [1.165, 1.54) is 0 Å². The average molecular weight is 291 g/mol. The van der Waals surface area contributed by atoms with E-state index in [-0.39, 0.29) is 16.9 Å². The third-order valence-electron chi connectivity index (χ3n) is 4.55. The fraction of sp³-hybridized carbons (Fsp3) is 1.00. The lowest BCUT2D eigenvalue weighted by atomic mass is 9.71. The van der Waals surface area contributed by atoms with E-state index < -0.39 is 27.6 Å². The summed E-state index contributed by atoms with van der Waals surface area (Å²) in [6.45, 7) is 4.76. The number of hydrogen-bond donors (Lipinski definition) is 3. The van der Waals surface area contributed by atoms with E-state index in [9.17, 15) is 18.6 Å². The van der Waals surface area contributed by atoms with E-state index in [1.54, 1.807) is 0 Å². The van der Waals surface area contributed by atoms with Crippen molar-refractivity contribution in [2.75, 3.05) is 18.1 Å². The molecular formula is C13H25NO4S. The maximum atomic E-state index is 11.4. The minimum absolute atomic E-state index is 0.0320. The number of sulfone groups is 1. The third kappa shape index (κ3) is 3.90. The summed E-state index contributed by atoms with van der Waals surface area (Å²) in [7, 11) is -3.13. The van der Waals surface area contributed by atoms with E-state index in [1.807, 2.05) is 0 Å². The molecule has 5 nitrogen and oxygen atoms in total. The van der Waals surface area contributed by atoms with Crippen LogP contribution in [0.2, 0.25) is 0 Å². The number of rotatable bonds is 3. The first-order chi connectivity index (χ1) is 8.61. The van der Waals surface area contributed by atoms with E-state index in [4.69, 9.17) is 0 Å². The van der Waals surface area contributed by atoms with Crippen molar-refractivity contribution in [2.45, 2.75) is 57.3 Å². The zero-order valence-corrected chi connectivity index (χ0v) is 12.5. The van der Waals surface area contributed by atoms with E-state index in [0.29, 0.717) is 6.54 Å². The largest absolute Gasteiger partial charge is 0.390 e. The van der Waals surface area contributed by atoms with Crippen molar-refractivity contribution in [3.8, 4) is 0 Å². The molecule has 19 heavy (non-hydrogen) atoms. The van der Waals surface area contributed by atoms with Gasteiger partial charge < -0.3 is 15.5 Å². The zero-order valence-electron chi connectivity index (χ0n) is 11.7. The van der Waals surface area contributed by atoms with E-state index >= 15 is 0 Å². The highest BCUT2D eigenvalue weighted by atomic mass is 32.2. The van der Waals surface area contributed by atoms with Crippen LogP contribution in [0, 0.1) is 5.41 Å². The predicted molar refractivity (Wildman–Crippen MR) is 73.7 cm³/mol. The molecule has 0 aromatic rings. The van der Waals surface area contributed by atoms with Gasteiger partial charge in [0.15, 0.2) is 9.84 Å². The number of nitrogens with one attached hydrogen (secondary N) is 1. The topological polar surface area (TPSA) is 86.6 Å². The van der Waals surface area contributed by atoms with Crippen molar-refractivity contribution >= 4 is 9.84 Å². The van der Waals surface area contributed by atoms with Gasteiger partial charge in [-0.1, -0.05) is 13.8 Å². The summed E-state index contributed by atoms with van der Waals surface area (Å²) < 4.78 is 22.8. The lowest BCUT2D eigenvalue weighted by Crippen LogP contribution is -2.50. The number of aliphatic hydroxyl groups is 2. The molecule has 2 rings (SSSR count). The van der Waals surface area contributed by atoms with Crippen molar-refractivity contribution in [1.82, 2.24) is 5.32 Å². The minimum Gasteiger partial charge on any atom is -0.390 e. The van der Waals surface area contributed by atoms with Crippen molar-refractivity contribution in [3.63, 3.8) is 0 Å². The Morgan fingerprint density at radius 2 is 1.74 bits per heavy atom. The molecule has 0 spiro atoms. The van der Waals surface area contributed by atoms with Crippen molar-refractivity contribution in [2.24, 2.45) is 5.41 Å². The summed E-state index contributed by atoms with van der Waals surface area (Å²) in [6.07, 6.45) is 2.53. The van der Waals surface area contributed by atoms with Gasteiger partial charge in [0.05, 0.1) is 23.2 Å². The molecule has 2 aliphatic rings. The lowest BCUT2D eigenvalue weighted by Gasteiger charge is -2.40. The second-order valence-corrected chi connectivity index (χ2v) is 9.17. The molecule has 1 heterocycles. The van der Waals surface area contributed by atoms with Crippen LogP contribution in [0.5, 0.6) is 0 Å². The SMILES string of the molecule is CC1(C)CCC(O)(CNC2CS(=O)(=O)CC2O)CC1. The van der Waals surface area contributed by atoms with Gasteiger partial charge in [-0.2, -0.15) is 0 Å². The Balaban J connectivity index is 1.86. The number of aliphatic hydroxyl groups excluding tert-OH is 1. The molecule has 1 aliphatic heterocycles. The molecule has 0 bridgehead atoms. The summed E-state index contributed by atoms with van der Waals surface area (Å²) in [5.74, 6) is -0.203. The smallest absolute Gasteiger partial charge is 0.154 e. The normalized spacial score (nSPS) is 36.2. The highest BCUT2D eigenvalue weighted by Gasteiger charge is 2.40. The zero-order chi connectivity index (χ0) is 14.3. The average Bonchev–Trinajstić information content (AvgIpc) is 2.54. The van der Waals surface area contributed by atoms with Gasteiger partial charge in [-0.05, 0) is 31.1 Å². The maximum absolute atomic E-state index is 11.4. The molecule has 2 unspecified atom stereocenters. The second kappa shape index (κ2) is 4.98. The number of hydrogen-bond acceptors (Lipinski definition) is 5. The maximum Gasteiger partial charge on any atom is 0.154 e. The Hall–Kier alpha value is -0.170. The standard InChI is InChI=1S/C13H25NO4S/c1-12(2)3-5-13(16,6-4-12)9-14-10-7-19(17,18)8-11(10)15/h10-11,14-16H,3-9H2,1-2H3. The summed E-state index contributed by atoms with van der Waals surface area (Å²) in [5.41, 5.74) is -0.482. The fourth-order valence-electron chi connectivity index (χ4n) is 2.91. The van der Waals surface area contributed by atoms with Crippen LogP contribution in [0.1, 0.15) is 39.5 Å². The molecule has 2 atom stereocenters. The fourth-order valence-corrected chi connectivity index (χ4v) is 4.69. The van der Waals surface area contributed by atoms with Crippen LogP contribution in [0.3, 0.4) is 0 Å². The van der Waals surface area contributed by atoms with Crippen molar-refractivity contribution in [1.29, 1.82) is 0 Å². The first-order valence-electron chi connectivity index (χ1n) is 6.95. The van der Waals surface area contributed by atoms with Gasteiger partial charge in [0, 0.05) is 12.6 Å². The summed E-state index contributed by atoms with van der Waals surface area (Å²) in [4.78, 5) is 0. The van der Waals surface area contributed by atoms with Crippen LogP contribution < -0.4 is 5.32 Å². The minimum atomic E-state index is -3.13. The first kappa shape index (κ1) is 15.2. The van der Waals surface area contributed by atoms with Gasteiger partial charge >= 0.3 is 0 Å². The van der Waals surface area contributed by atoms with Gasteiger partial charge in [0.25, 0.3) is 0 Å². The Kier molecular flexibility index (Phi) is 3.99. The molecule has 0 aromatic carbocycles. The first-order valence-corrected chi connectivity index (χ1v) is 8.77. The van der Waals surface area contributed by atoms with Crippen LogP contribution >= 0.6 is 0 Å². The van der Waals surface area contributed by atoms with Crippen molar-refractivity contribution in [3.05, 3.63) is 0 Å². The monoisotopic (exact) mass is 291 g/mol. The van der Waals surface area contributed by atoms with E-state index in [0.717, 1.165) is 25.7 Å². The lowest BCUT2D eigenvalue weighted by molar-refractivity contribution is -0.0278. The second-order valence-electron chi connectivity index (χ2n) is 7.02. The molecule has 1 saturated heterocycles. The molecule has 112 valence electrons. The predicted octanol–water partition coefficient (Wildman–Crippen LogP) is 0.0652. The summed E-state index contributed by atoms with van der Waals surface area (Å²) in [5, 5.41) is 23.2. The van der Waals surface area contributed by atoms with Crippen LogP contribution in [0.25, 0.3) is 0 Å². The van der Waals surface area contributed by atoms with Crippen LogP contribution in [-0.4, -0.2) is 54.4 Å². The highest BCUT2D eigenvalue weighted by molar-refractivity contribution is 7.91. The molecule has 6 heteroatoms. The Bertz CT molecular complexity index is 422. The summed E-state index contributed by atoms with van der Waals surface area (Å²) >= 11 is 0. The molecule has 0 amide bonds. The van der Waals surface area contributed by atoms with Crippen LogP contribution in [0.15, 0.2) is 0 Å². The summed E-state index contributed by atoms with van der Waals surface area (Å²) in [6, 6.07) is -0.441. The molecule has 1 aliphatic carbocycles. The Morgan fingerprint density at radius 3 is 2.21 bits per heavy atom. The molecular weight excluding hydrogens is 266 g/mol. The molecule has 0 aromatic heterocycles. The quantitative estimate of drug-likeness (QED) is 0.685. The van der Waals surface area contributed by atoms with Gasteiger partial charge in [-0.15, -0.1) is 0 Å². The molecule has 2 fully saturated rings. The Morgan fingerprint density at radius 1 is 1.16 bits per heavy atom. The van der Waals surface area contributed by atoms with Crippen molar-refractivity contribution < 1.29 is 18.6 Å². The van der Waals surface area contributed by atoms with Crippen LogP contribution in [0.4, 0.5) is 0 Å². The van der Waals surface area contributed by atoms with Gasteiger partial charge in [0.1, 0.15) is 0 Å². The molecule has 1 saturated carbocycles. The van der Waals surface area contributed by atoms with Gasteiger partial charge in [-0.25, -0.2) is 8.42 Å².